The highest BCUT2D eigenvalue weighted by atomic mass is 32.2. The smallest absolute Gasteiger partial charge is 0.305 e. The number of Topliss-reactive ketones (excluding diaryl/α,β-unsaturated/α-hetero) is 1. The lowest BCUT2D eigenvalue weighted by atomic mass is 9.98. The number of aromatic amines is 2. The van der Waals surface area contributed by atoms with Crippen LogP contribution in [0.2, 0.25) is 0 Å². The van der Waals surface area contributed by atoms with E-state index in [2.05, 4.69) is 68.5 Å². The Balaban J connectivity index is 1.18. The number of aliphatic carboxylic acids is 1. The molecule has 4 fully saturated rings. The molecule has 8 rings (SSSR count). The molecule has 0 radical (unpaired) electrons. The molecule has 44 nitrogen and oxygen atoms in total. The SMILES string of the molecule is CC[C@@H]1NC(=O)[C@H]([C@@H](C)O)NC(=O)[C@@H](CC(=O)[C@H](C)NC(=O)CN(C)C(=O)CCN)CSCC(=O)N2CCOCCN3CCOCCN(CCOCC2)C(=O)CSC[C@@H](NC1=O)C(=O)N[C@@H](Cc1c[nH]c2ccccc12)C(=O)N[C@@H](C(C)C)C(=O)N[C@@H](CC(=O)O)C(=O)NCC(=O)N[C@@H](Cc1c[nH]c2ccccc12)C(=O)N[C@@H](C(C)C)C(=O)N1CCC[C@H]1C(=O)N[C@H](C(N)=O)CSCC3=O. The second kappa shape index (κ2) is 54.3. The van der Waals surface area contributed by atoms with Crippen LogP contribution in [0, 0.1) is 17.8 Å². The van der Waals surface area contributed by atoms with Gasteiger partial charge in [-0.25, -0.2) is 0 Å². The van der Waals surface area contributed by atoms with Crippen molar-refractivity contribution in [3.05, 3.63) is 72.1 Å². The van der Waals surface area contributed by atoms with Gasteiger partial charge in [0, 0.05) is 137 Å². The van der Waals surface area contributed by atoms with Gasteiger partial charge in [0.2, 0.25) is 100 Å². The number of aliphatic hydroxyl groups excluding tert-OH is 1. The number of ether oxygens (including phenoxy) is 3. The molecule has 17 amide bonds. The lowest BCUT2D eigenvalue weighted by Crippen LogP contribution is -2.61. The van der Waals surface area contributed by atoms with Crippen LogP contribution >= 0.6 is 35.3 Å². The summed E-state index contributed by atoms with van der Waals surface area (Å²) in [5, 5.41) is 51.2. The number of nitrogens with zero attached hydrogens (tertiary/aromatic N) is 5. The zero-order valence-corrected chi connectivity index (χ0v) is 79.6. The predicted octanol–water partition coefficient (Wildman–Crippen LogP) is -4.37. The van der Waals surface area contributed by atoms with Crippen molar-refractivity contribution in [3.63, 3.8) is 0 Å². The first-order valence-corrected chi connectivity index (χ1v) is 48.5. The van der Waals surface area contributed by atoms with Crippen LogP contribution in [0.1, 0.15) is 98.1 Å². The minimum Gasteiger partial charge on any atom is -0.481 e. The van der Waals surface area contributed by atoms with E-state index >= 15 is 9.59 Å². The highest BCUT2D eigenvalue weighted by Gasteiger charge is 2.43. The maximum absolute atomic E-state index is 15.5. The summed E-state index contributed by atoms with van der Waals surface area (Å²) in [6.45, 7) is 7.75. The standard InChI is InChI=1S/C88H128N20O24S3/c1-9-58-81(122)100-65-45-135-48-73(116)107-27-33-131-30-24-105(71(114)46-133-43-55(79(120)103-77(52(7)109)87(128)96-58)37-67(110)51(6)94-69(112)42-104(8)70(113)20-21-89)23-29-130-31-25-106(26-32-132-34-28-107)72(115)47-134-44-64(78(90)119)99-85(126)66-19-14-22-108(66)88(129)76(50(4)5)102-82(123)61(35-53-39-91-59-17-12-10-15-56(53)59)95-68(111)41-93-80(121)63(38-74(117)118)98-86(127)75(49(2)3)101-83(124)62(97-84(65)125)36-54-40-92-60-18-13-11-16-57(54)60/h10-13,15-18,39-40,49-52,55,58,61-66,75-77,91-92,109H,9,14,19-38,41-48,89H2,1-8H3,(H2,90,119)(H,93,121)(H,94,112)(H,95,111)(H,96,128)(H,97,125)(H,98,127)(H,99,126)(H,100,122)(H,101,124)(H,102,123)(H,103,120)(H,117,118)/t51-,52+,55-,58-,61-,62-,63-,64-,65+,66-,75-,76-,77-/m0/s1. The Morgan fingerprint density at radius 3 is 1.51 bits per heavy atom. The fourth-order valence-corrected chi connectivity index (χ4v) is 18.3. The zero-order valence-electron chi connectivity index (χ0n) is 77.1. The monoisotopic (exact) mass is 1940 g/mol. The molecule has 2 aromatic carbocycles. The number of nitrogens with one attached hydrogen (secondary N) is 13. The van der Waals surface area contributed by atoms with Gasteiger partial charge in [-0.15, -0.1) is 23.5 Å². The Kier molecular flexibility index (Phi) is 43.8. The molecule has 742 valence electrons. The van der Waals surface area contributed by atoms with Gasteiger partial charge in [-0.1, -0.05) is 71.0 Å². The number of hydrogen-bond acceptors (Lipinski definition) is 27. The summed E-state index contributed by atoms with van der Waals surface area (Å²) in [5.74, 6) is -22.0. The Bertz CT molecular complexity index is 4840. The number of nitrogens with two attached hydrogens (primary N) is 2. The molecule has 0 saturated carbocycles. The Labute approximate surface area is 793 Å². The number of aromatic nitrogens is 2. The maximum atomic E-state index is 15.5. The first-order chi connectivity index (χ1) is 64.4. The van der Waals surface area contributed by atoms with Crippen molar-refractivity contribution in [1.29, 1.82) is 0 Å². The molecule has 4 saturated heterocycles. The van der Waals surface area contributed by atoms with Crippen molar-refractivity contribution in [2.75, 3.05) is 147 Å². The summed E-state index contributed by atoms with van der Waals surface area (Å²) in [6, 6.07) is -3.29. The third-order valence-corrected chi connectivity index (χ3v) is 26.3. The summed E-state index contributed by atoms with van der Waals surface area (Å²) in [7, 11) is 1.36. The van der Waals surface area contributed by atoms with E-state index in [9.17, 15) is 91.7 Å². The first kappa shape index (κ1) is 109. The van der Waals surface area contributed by atoms with Crippen LogP contribution in [0.15, 0.2) is 60.9 Å². The average Bonchev–Trinajstić information content (AvgIpc) is 1.69. The quantitative estimate of drug-likeness (QED) is 0.0422. The third-order valence-electron chi connectivity index (χ3n) is 23.1. The molecule has 0 aliphatic carbocycles. The van der Waals surface area contributed by atoms with E-state index in [0.29, 0.717) is 39.4 Å². The molecule has 4 aromatic rings. The van der Waals surface area contributed by atoms with Crippen molar-refractivity contribution in [3.8, 4) is 0 Å². The number of carboxylic acids is 1. The molecule has 13 atom stereocenters. The summed E-state index contributed by atoms with van der Waals surface area (Å²) in [5.41, 5.74) is 13.7. The van der Waals surface area contributed by atoms with Gasteiger partial charge in [0.05, 0.1) is 94.5 Å². The summed E-state index contributed by atoms with van der Waals surface area (Å²) in [4.78, 5) is 285. The molecular weight excluding hydrogens is 1820 g/mol. The Morgan fingerprint density at radius 2 is 1.01 bits per heavy atom. The molecule has 4 aliphatic rings. The van der Waals surface area contributed by atoms with Gasteiger partial charge in [-0.3, -0.25) is 91.1 Å². The molecule has 4 bridgehead atoms. The van der Waals surface area contributed by atoms with E-state index in [0.717, 1.165) is 47.1 Å². The number of likely N-dealkylation sites (N-methyl/N-ethyl adjacent to an activating group) is 1. The Hall–Kier alpha value is -11.5. The lowest BCUT2D eigenvalue weighted by molar-refractivity contribution is -0.143. The molecule has 135 heavy (non-hydrogen) atoms. The highest BCUT2D eigenvalue weighted by molar-refractivity contribution is 8.00. The number of amides is 17. The second-order valence-corrected chi connectivity index (χ2v) is 37.1. The van der Waals surface area contributed by atoms with Crippen molar-refractivity contribution in [2.24, 2.45) is 29.2 Å². The van der Waals surface area contributed by atoms with Crippen molar-refractivity contribution < 1.29 is 116 Å². The van der Waals surface area contributed by atoms with Crippen molar-refractivity contribution in [2.45, 2.75) is 172 Å². The first-order valence-electron chi connectivity index (χ1n) is 45.0. The normalized spacial score (nSPS) is 24.6. The molecule has 19 N–H and O–H groups in total. The minimum absolute atomic E-state index is 0.00667. The molecule has 6 heterocycles. The molecule has 4 aliphatic heterocycles. The number of carbonyl (C=O) groups is 19. The number of rotatable bonds is 19. The highest BCUT2D eigenvalue weighted by Crippen LogP contribution is 2.26. The predicted molar refractivity (Wildman–Crippen MR) is 498 cm³/mol. The zero-order chi connectivity index (χ0) is 98.7. The average molecular weight is 1950 g/mol. The largest absolute Gasteiger partial charge is 0.481 e. The minimum atomic E-state index is -1.97. The molecule has 2 aromatic heterocycles. The fourth-order valence-electron chi connectivity index (χ4n) is 15.3. The van der Waals surface area contributed by atoms with E-state index in [4.69, 9.17) is 25.7 Å². The van der Waals surface area contributed by atoms with Crippen molar-refractivity contribution in [1.82, 2.24) is 93.0 Å². The number of primary amides is 1. The second-order valence-electron chi connectivity index (χ2n) is 34.0. The van der Waals surface area contributed by atoms with Crippen molar-refractivity contribution >= 4 is 169 Å². The van der Waals surface area contributed by atoms with E-state index in [1.165, 1.54) is 54.3 Å². The number of carbonyl (C=O) groups excluding carboxylic acids is 18. The van der Waals surface area contributed by atoms with Crippen LogP contribution in [0.3, 0.4) is 0 Å². The molecule has 47 heteroatoms. The van der Waals surface area contributed by atoms with E-state index in [1.807, 2.05) is 0 Å². The molecular formula is C88H128N20O24S3. The number of thioether (sulfide) groups is 3. The molecule has 0 spiro atoms. The number of benzene rings is 2. The Morgan fingerprint density at radius 1 is 0.533 bits per heavy atom. The number of hydrogen-bond donors (Lipinski definition) is 17. The number of para-hydroxylation sites is 2. The van der Waals surface area contributed by atoms with Gasteiger partial charge in [-0.05, 0) is 68.2 Å². The van der Waals surface area contributed by atoms with Gasteiger partial charge in [0.15, 0.2) is 5.78 Å². The van der Waals surface area contributed by atoms with Gasteiger partial charge >= 0.3 is 5.97 Å². The number of fused-ring (bicyclic) bond motifs is 17. The van der Waals surface area contributed by atoms with Crippen LogP contribution < -0.4 is 70.0 Å². The number of ketones is 1. The van der Waals surface area contributed by atoms with Gasteiger partial charge in [-0.2, -0.15) is 11.8 Å². The summed E-state index contributed by atoms with van der Waals surface area (Å²) < 4.78 is 18.3. The topological polar surface area (TPSA) is 625 Å². The molecule has 0 unspecified atom stereocenters. The third kappa shape index (κ3) is 33.5. The summed E-state index contributed by atoms with van der Waals surface area (Å²) >= 11 is 2.71. The van der Waals surface area contributed by atoms with Gasteiger partial charge < -0.3 is 129 Å². The maximum Gasteiger partial charge on any atom is 0.305 e. The van der Waals surface area contributed by atoms with Gasteiger partial charge in [0.25, 0.3) is 0 Å². The van der Waals surface area contributed by atoms with Crippen LogP contribution in [-0.2, 0) is 118 Å². The number of carboxylic acid groups (broad SMARTS) is 1. The van der Waals surface area contributed by atoms with Crippen LogP contribution in [0.5, 0.6) is 0 Å². The van der Waals surface area contributed by atoms with E-state index in [1.54, 1.807) is 74.8 Å². The fraction of sp³-hybridized carbons (Fsp3) is 0.602. The van der Waals surface area contributed by atoms with Crippen LogP contribution in [0.25, 0.3) is 21.8 Å². The summed E-state index contributed by atoms with van der Waals surface area (Å²) in [6.07, 6.45) is -0.705. The van der Waals surface area contributed by atoms with Gasteiger partial charge in [0.1, 0.15) is 60.4 Å². The number of aliphatic hydroxyl groups is 1. The van der Waals surface area contributed by atoms with Crippen LogP contribution in [0.4, 0.5) is 0 Å². The van der Waals surface area contributed by atoms with Crippen LogP contribution in [-0.4, -0.2) is 376 Å². The van der Waals surface area contributed by atoms with E-state index < -0.39 is 240 Å². The number of H-pyrrole nitrogens is 2. The lowest BCUT2D eigenvalue weighted by Gasteiger charge is -2.32. The van der Waals surface area contributed by atoms with E-state index in [-0.39, 0.29) is 147 Å².